The Morgan fingerprint density at radius 3 is 2.32 bits per heavy atom. The molecule has 34 heavy (non-hydrogen) atoms. The first-order chi connectivity index (χ1) is 16.1. The third-order valence-corrected chi connectivity index (χ3v) is 7.17. The summed E-state index contributed by atoms with van der Waals surface area (Å²) in [6, 6.07) is 10.2. The van der Waals surface area contributed by atoms with Gasteiger partial charge in [-0.25, -0.2) is 0 Å². The van der Waals surface area contributed by atoms with Crippen LogP contribution in [0.5, 0.6) is 5.75 Å². The average Bonchev–Trinajstić information content (AvgIpc) is 2.77. The zero-order chi connectivity index (χ0) is 24.5. The Morgan fingerprint density at radius 1 is 1.00 bits per heavy atom. The number of aliphatic hydroxyl groups excluding tert-OH is 2. The van der Waals surface area contributed by atoms with Gasteiger partial charge in [0.05, 0.1) is 5.56 Å². The van der Waals surface area contributed by atoms with E-state index in [0.29, 0.717) is 11.3 Å². The lowest BCUT2D eigenvalue weighted by Crippen LogP contribution is -2.58. The Balaban J connectivity index is 1.70. The summed E-state index contributed by atoms with van der Waals surface area (Å²) in [5.74, 6) is -6.46. The van der Waals surface area contributed by atoms with E-state index >= 15 is 0 Å². The highest BCUT2D eigenvalue weighted by Gasteiger charge is 2.60. The SMILES string of the molecule is NC(=O)C1=C(O)C2(O)C(=O)C3=C(O)c4c(O)ccc(-c5ccc(N)cc5)c4CC3CC2CC1=O. The standard InChI is InChI=1S/C25H22N2O7/c26-13-3-1-10(2-4-13)14-5-6-16(28)19-15(14)8-11-7-12-9-17(29)20(24(27)33)23(32)25(12,34)22(31)18(11)21(19)30/h1-6,11-12,28,30,32,34H,7-9,26H2,(H2,27,33). The molecule has 1 amide bonds. The quantitative estimate of drug-likeness (QED) is 0.287. The van der Waals surface area contributed by atoms with Crippen molar-refractivity contribution >= 4 is 28.9 Å². The van der Waals surface area contributed by atoms with Crippen molar-refractivity contribution in [2.45, 2.75) is 24.9 Å². The first-order valence-electron chi connectivity index (χ1n) is 10.7. The highest BCUT2D eigenvalue weighted by molar-refractivity contribution is 6.22. The number of ketones is 2. The second-order valence-electron chi connectivity index (χ2n) is 9.01. The molecule has 5 rings (SSSR count). The number of Topliss-reactive ketones (excluding diaryl/α,β-unsaturated/α-hetero) is 2. The number of anilines is 1. The molecule has 174 valence electrons. The highest BCUT2D eigenvalue weighted by atomic mass is 16.3. The van der Waals surface area contributed by atoms with E-state index in [1.165, 1.54) is 6.07 Å². The topological polar surface area (TPSA) is 184 Å². The van der Waals surface area contributed by atoms with Crippen LogP contribution in [0.2, 0.25) is 0 Å². The molecule has 0 spiro atoms. The number of carbonyl (C=O) groups excluding carboxylic acids is 3. The van der Waals surface area contributed by atoms with Crippen LogP contribution in [0.4, 0.5) is 5.69 Å². The van der Waals surface area contributed by atoms with Crippen molar-refractivity contribution in [1.29, 1.82) is 0 Å². The lowest BCUT2D eigenvalue weighted by molar-refractivity contribution is -0.147. The van der Waals surface area contributed by atoms with Gasteiger partial charge in [0.25, 0.3) is 5.91 Å². The maximum absolute atomic E-state index is 13.5. The van der Waals surface area contributed by atoms with Crippen LogP contribution in [0.15, 0.2) is 53.3 Å². The number of rotatable bonds is 2. The van der Waals surface area contributed by atoms with Crippen molar-refractivity contribution in [3.63, 3.8) is 0 Å². The summed E-state index contributed by atoms with van der Waals surface area (Å²) in [6.45, 7) is 0. The number of phenolic OH excluding ortho intramolecular Hbond substituents is 1. The van der Waals surface area contributed by atoms with Crippen molar-refractivity contribution in [3.8, 4) is 16.9 Å². The first kappa shape index (κ1) is 21.7. The minimum Gasteiger partial charge on any atom is -0.508 e. The maximum Gasteiger partial charge on any atom is 0.255 e. The van der Waals surface area contributed by atoms with Gasteiger partial charge in [-0.2, -0.15) is 0 Å². The first-order valence-corrected chi connectivity index (χ1v) is 10.7. The van der Waals surface area contributed by atoms with Crippen molar-refractivity contribution in [1.82, 2.24) is 0 Å². The molecule has 0 bridgehead atoms. The van der Waals surface area contributed by atoms with Gasteiger partial charge in [-0.1, -0.05) is 18.2 Å². The second kappa shape index (κ2) is 7.19. The minimum atomic E-state index is -2.57. The molecule has 3 unspecified atom stereocenters. The number of nitrogen functional groups attached to an aromatic ring is 1. The van der Waals surface area contributed by atoms with E-state index in [1.807, 2.05) is 0 Å². The Bertz CT molecular complexity index is 1360. The van der Waals surface area contributed by atoms with Gasteiger partial charge in [-0.15, -0.1) is 0 Å². The summed E-state index contributed by atoms with van der Waals surface area (Å²) in [7, 11) is 0. The summed E-state index contributed by atoms with van der Waals surface area (Å²) in [5.41, 5.74) is 10.2. The van der Waals surface area contributed by atoms with Crippen LogP contribution in [0.25, 0.3) is 16.9 Å². The van der Waals surface area contributed by atoms with Crippen LogP contribution < -0.4 is 11.5 Å². The fourth-order valence-corrected chi connectivity index (χ4v) is 5.55. The molecule has 3 aliphatic rings. The number of benzene rings is 2. The smallest absolute Gasteiger partial charge is 0.255 e. The van der Waals surface area contributed by atoms with Crippen molar-refractivity contribution < 1.29 is 34.8 Å². The predicted octanol–water partition coefficient (Wildman–Crippen LogP) is 1.67. The molecule has 3 atom stereocenters. The third kappa shape index (κ3) is 2.80. The lowest BCUT2D eigenvalue weighted by atomic mass is 9.59. The van der Waals surface area contributed by atoms with E-state index in [2.05, 4.69) is 0 Å². The number of carbonyl (C=O) groups is 3. The van der Waals surface area contributed by atoms with E-state index in [4.69, 9.17) is 11.5 Å². The van der Waals surface area contributed by atoms with Crippen molar-refractivity contribution in [2.75, 3.05) is 5.73 Å². The molecule has 3 aliphatic carbocycles. The largest absolute Gasteiger partial charge is 0.508 e. The Hall–Kier alpha value is -4.11. The average molecular weight is 462 g/mol. The number of amides is 1. The minimum absolute atomic E-state index is 0.0569. The number of fused-ring (bicyclic) bond motifs is 3. The Morgan fingerprint density at radius 2 is 1.68 bits per heavy atom. The van der Waals surface area contributed by atoms with Crippen LogP contribution in [-0.2, 0) is 20.8 Å². The molecule has 2 aromatic rings. The van der Waals surface area contributed by atoms with Gasteiger partial charge in [0.2, 0.25) is 5.78 Å². The van der Waals surface area contributed by atoms with Gasteiger partial charge in [-0.3, -0.25) is 14.4 Å². The van der Waals surface area contributed by atoms with Crippen LogP contribution in [0, 0.1) is 11.8 Å². The molecule has 9 heteroatoms. The van der Waals surface area contributed by atoms with Gasteiger partial charge >= 0.3 is 0 Å². The van der Waals surface area contributed by atoms with Gasteiger partial charge in [0.15, 0.2) is 11.4 Å². The van der Waals surface area contributed by atoms with E-state index in [1.54, 1.807) is 30.3 Å². The van der Waals surface area contributed by atoms with Gasteiger partial charge in [-0.05, 0) is 53.6 Å². The number of phenols is 1. The lowest BCUT2D eigenvalue weighted by Gasteiger charge is -2.46. The zero-order valence-corrected chi connectivity index (χ0v) is 17.9. The number of nitrogens with two attached hydrogens (primary N) is 2. The van der Waals surface area contributed by atoms with Crippen LogP contribution in [0.1, 0.15) is 24.0 Å². The van der Waals surface area contributed by atoms with Crippen molar-refractivity contribution in [3.05, 3.63) is 64.4 Å². The van der Waals surface area contributed by atoms with Crippen molar-refractivity contribution in [2.24, 2.45) is 17.6 Å². The molecule has 0 aromatic heterocycles. The molecule has 9 nitrogen and oxygen atoms in total. The summed E-state index contributed by atoms with van der Waals surface area (Å²) in [4.78, 5) is 37.6. The predicted molar refractivity (Wildman–Crippen MR) is 121 cm³/mol. The summed E-state index contributed by atoms with van der Waals surface area (Å²) >= 11 is 0. The number of hydrogen-bond acceptors (Lipinski definition) is 8. The van der Waals surface area contributed by atoms with E-state index in [0.717, 1.165) is 11.1 Å². The molecule has 0 heterocycles. The molecule has 0 aliphatic heterocycles. The molecule has 1 saturated carbocycles. The fraction of sp³-hybridized carbons (Fsp3) is 0.240. The van der Waals surface area contributed by atoms with Gasteiger partial charge in [0, 0.05) is 23.6 Å². The Labute approximate surface area is 193 Å². The Kier molecular flexibility index (Phi) is 4.60. The van der Waals surface area contributed by atoms with E-state index < -0.39 is 52.0 Å². The van der Waals surface area contributed by atoms with E-state index in [-0.39, 0.29) is 36.1 Å². The van der Waals surface area contributed by atoms with Crippen LogP contribution in [-0.4, -0.2) is 43.5 Å². The molecular formula is C25H22N2O7. The normalized spacial score (nSPS) is 26.1. The molecule has 2 aromatic carbocycles. The van der Waals surface area contributed by atoms with Crippen LogP contribution >= 0.6 is 0 Å². The number of hydrogen-bond donors (Lipinski definition) is 6. The molecular weight excluding hydrogens is 440 g/mol. The summed E-state index contributed by atoms with van der Waals surface area (Å²) < 4.78 is 0. The third-order valence-electron chi connectivity index (χ3n) is 7.17. The van der Waals surface area contributed by atoms with E-state index in [9.17, 15) is 34.8 Å². The molecule has 8 N–H and O–H groups in total. The fourth-order valence-electron chi connectivity index (χ4n) is 5.55. The summed E-state index contributed by atoms with van der Waals surface area (Å²) in [6.07, 6.45) is -0.0327. The summed E-state index contributed by atoms with van der Waals surface area (Å²) in [5, 5.41) is 43.6. The molecule has 1 fully saturated rings. The second-order valence-corrected chi connectivity index (χ2v) is 9.01. The van der Waals surface area contributed by atoms with Gasteiger partial charge in [0.1, 0.15) is 22.8 Å². The molecule has 0 radical (unpaired) electrons. The molecule has 0 saturated heterocycles. The van der Waals surface area contributed by atoms with Crippen LogP contribution in [0.3, 0.4) is 0 Å². The number of aromatic hydroxyl groups is 1. The van der Waals surface area contributed by atoms with Gasteiger partial charge < -0.3 is 31.9 Å². The highest BCUT2D eigenvalue weighted by Crippen LogP contribution is 2.53. The zero-order valence-electron chi connectivity index (χ0n) is 17.9. The number of primary amides is 1. The maximum atomic E-state index is 13.5. The monoisotopic (exact) mass is 462 g/mol. The number of aliphatic hydroxyl groups is 3.